The number of hydrogen-bond acceptors (Lipinski definition) is 6. The summed E-state index contributed by atoms with van der Waals surface area (Å²) in [7, 11) is 0. The van der Waals surface area contributed by atoms with E-state index in [-0.39, 0.29) is 17.8 Å². The number of amides is 3. The number of likely N-dealkylation sites (tertiary alicyclic amines) is 1. The SMILES string of the molecule is NCCCC[C@H](NC(=O)[C@@H]1CCCN1C(=O)[C@@H](N)CCCN=C(N)N)C(N)=O. The largest absolute Gasteiger partial charge is 0.370 e. The molecule has 0 bridgehead atoms. The van der Waals surface area contributed by atoms with Gasteiger partial charge in [-0.25, -0.2) is 0 Å². The van der Waals surface area contributed by atoms with Crippen molar-refractivity contribution in [2.75, 3.05) is 19.6 Å². The predicted octanol–water partition coefficient (Wildman–Crippen LogP) is -2.54. The van der Waals surface area contributed by atoms with E-state index in [2.05, 4.69) is 10.3 Å². The number of rotatable bonds is 12. The van der Waals surface area contributed by atoms with Crippen LogP contribution in [0.5, 0.6) is 0 Å². The highest BCUT2D eigenvalue weighted by Gasteiger charge is 2.37. The number of hydrogen-bond donors (Lipinski definition) is 6. The Kier molecular flexibility index (Phi) is 10.2. The Hall–Kier alpha value is -2.40. The van der Waals surface area contributed by atoms with E-state index in [1.165, 1.54) is 4.90 Å². The highest BCUT2D eigenvalue weighted by molar-refractivity contribution is 5.93. The summed E-state index contributed by atoms with van der Waals surface area (Å²) in [5, 5.41) is 2.67. The van der Waals surface area contributed by atoms with Crippen molar-refractivity contribution >= 4 is 23.7 Å². The summed E-state index contributed by atoms with van der Waals surface area (Å²) in [6, 6.07) is -2.16. The van der Waals surface area contributed by atoms with Crippen LogP contribution in [-0.4, -0.2) is 66.3 Å². The maximum absolute atomic E-state index is 12.6. The summed E-state index contributed by atoms with van der Waals surface area (Å²) in [5.74, 6) is -1.28. The standard InChI is InChI=1S/C17H34N8O3/c18-8-2-1-6-12(14(20)26)24-15(27)13-7-4-10-25(13)16(28)11(19)5-3-9-23-17(21)22/h11-13H,1-10,18-19H2,(H2,20,26)(H,24,27)(H4,21,22,23)/t11-,12-,13-/m0/s1. The first kappa shape index (κ1) is 23.6. The molecule has 1 saturated heterocycles. The summed E-state index contributed by atoms with van der Waals surface area (Å²) >= 11 is 0. The van der Waals surface area contributed by atoms with Gasteiger partial charge < -0.3 is 38.9 Å². The lowest BCUT2D eigenvalue weighted by molar-refractivity contribution is -0.140. The summed E-state index contributed by atoms with van der Waals surface area (Å²) in [6.07, 6.45) is 4.01. The van der Waals surface area contributed by atoms with Gasteiger partial charge in [-0.05, 0) is 51.5 Å². The molecule has 1 heterocycles. The Morgan fingerprint density at radius 3 is 2.43 bits per heavy atom. The van der Waals surface area contributed by atoms with Crippen LogP contribution < -0.4 is 34.0 Å². The molecular weight excluding hydrogens is 364 g/mol. The number of nitrogens with one attached hydrogen (secondary N) is 1. The summed E-state index contributed by atoms with van der Waals surface area (Å²) < 4.78 is 0. The Balaban J connectivity index is 2.61. The van der Waals surface area contributed by atoms with Gasteiger partial charge in [0.2, 0.25) is 17.7 Å². The van der Waals surface area contributed by atoms with Crippen LogP contribution in [0.25, 0.3) is 0 Å². The molecule has 0 saturated carbocycles. The number of guanidine groups is 1. The van der Waals surface area contributed by atoms with E-state index >= 15 is 0 Å². The first-order valence-corrected chi connectivity index (χ1v) is 9.69. The second kappa shape index (κ2) is 12.1. The van der Waals surface area contributed by atoms with Crippen molar-refractivity contribution in [1.82, 2.24) is 10.2 Å². The zero-order chi connectivity index (χ0) is 21.1. The van der Waals surface area contributed by atoms with E-state index in [4.69, 9.17) is 28.7 Å². The molecule has 160 valence electrons. The van der Waals surface area contributed by atoms with Crippen LogP contribution in [0.2, 0.25) is 0 Å². The average molecular weight is 399 g/mol. The molecule has 1 rings (SSSR count). The van der Waals surface area contributed by atoms with Crippen molar-refractivity contribution in [3.05, 3.63) is 0 Å². The lowest BCUT2D eigenvalue weighted by Crippen LogP contribution is -2.54. The minimum atomic E-state index is -0.773. The first-order valence-electron chi connectivity index (χ1n) is 9.69. The molecule has 1 aliphatic heterocycles. The molecule has 1 fully saturated rings. The third-order valence-electron chi connectivity index (χ3n) is 4.73. The van der Waals surface area contributed by atoms with E-state index in [0.717, 1.165) is 6.42 Å². The molecular formula is C17H34N8O3. The maximum Gasteiger partial charge on any atom is 0.243 e. The number of unbranched alkanes of at least 4 members (excludes halogenated alkanes) is 1. The van der Waals surface area contributed by atoms with Gasteiger partial charge in [-0.2, -0.15) is 0 Å². The first-order chi connectivity index (χ1) is 13.3. The van der Waals surface area contributed by atoms with E-state index in [1.807, 2.05) is 0 Å². The monoisotopic (exact) mass is 398 g/mol. The minimum Gasteiger partial charge on any atom is -0.370 e. The smallest absolute Gasteiger partial charge is 0.243 e. The molecule has 28 heavy (non-hydrogen) atoms. The van der Waals surface area contributed by atoms with Crippen LogP contribution in [0.1, 0.15) is 44.9 Å². The van der Waals surface area contributed by atoms with Crippen LogP contribution in [0.15, 0.2) is 4.99 Å². The third kappa shape index (κ3) is 7.69. The zero-order valence-corrected chi connectivity index (χ0v) is 16.3. The number of nitrogens with zero attached hydrogens (tertiary/aromatic N) is 2. The third-order valence-corrected chi connectivity index (χ3v) is 4.73. The summed E-state index contributed by atoms with van der Waals surface area (Å²) in [5.41, 5.74) is 27.3. The Morgan fingerprint density at radius 2 is 1.82 bits per heavy atom. The van der Waals surface area contributed by atoms with Crippen molar-refractivity contribution in [2.45, 2.75) is 63.1 Å². The highest BCUT2D eigenvalue weighted by atomic mass is 16.2. The topological polar surface area (TPSA) is 209 Å². The molecule has 11 nitrogen and oxygen atoms in total. The fourth-order valence-corrected chi connectivity index (χ4v) is 3.21. The fraction of sp³-hybridized carbons (Fsp3) is 0.765. The van der Waals surface area contributed by atoms with Gasteiger partial charge in [0.05, 0.1) is 6.04 Å². The Morgan fingerprint density at radius 1 is 1.11 bits per heavy atom. The van der Waals surface area contributed by atoms with Gasteiger partial charge in [0.1, 0.15) is 12.1 Å². The highest BCUT2D eigenvalue weighted by Crippen LogP contribution is 2.19. The molecule has 0 spiro atoms. The molecule has 0 aliphatic carbocycles. The molecule has 3 atom stereocenters. The molecule has 11 N–H and O–H groups in total. The van der Waals surface area contributed by atoms with Crippen LogP contribution in [0.3, 0.4) is 0 Å². The predicted molar refractivity (Wildman–Crippen MR) is 107 cm³/mol. The van der Waals surface area contributed by atoms with Gasteiger partial charge >= 0.3 is 0 Å². The number of carbonyl (C=O) groups excluding carboxylic acids is 3. The van der Waals surface area contributed by atoms with Gasteiger partial charge in [0.25, 0.3) is 0 Å². The van der Waals surface area contributed by atoms with Gasteiger partial charge in [0.15, 0.2) is 5.96 Å². The summed E-state index contributed by atoms with van der Waals surface area (Å²) in [6.45, 7) is 1.34. The molecule has 0 radical (unpaired) electrons. The van der Waals surface area contributed by atoms with Gasteiger partial charge in [-0.3, -0.25) is 19.4 Å². The molecule has 0 aromatic carbocycles. The average Bonchev–Trinajstić information content (AvgIpc) is 3.13. The van der Waals surface area contributed by atoms with Gasteiger partial charge in [-0.1, -0.05) is 0 Å². The van der Waals surface area contributed by atoms with E-state index in [0.29, 0.717) is 58.2 Å². The lowest BCUT2D eigenvalue weighted by Gasteiger charge is -2.28. The normalized spacial score (nSPS) is 18.4. The second-order valence-electron chi connectivity index (χ2n) is 6.99. The molecule has 11 heteroatoms. The van der Waals surface area contributed by atoms with Crippen molar-refractivity contribution in [2.24, 2.45) is 33.7 Å². The van der Waals surface area contributed by atoms with Gasteiger partial charge in [-0.15, -0.1) is 0 Å². The second-order valence-corrected chi connectivity index (χ2v) is 6.99. The minimum absolute atomic E-state index is 0.00774. The van der Waals surface area contributed by atoms with Crippen molar-refractivity contribution in [3.63, 3.8) is 0 Å². The van der Waals surface area contributed by atoms with Crippen LogP contribution in [0.4, 0.5) is 0 Å². The van der Waals surface area contributed by atoms with E-state index in [9.17, 15) is 14.4 Å². The van der Waals surface area contributed by atoms with Crippen LogP contribution in [0, 0.1) is 0 Å². The zero-order valence-electron chi connectivity index (χ0n) is 16.3. The molecule has 0 aromatic rings. The van der Waals surface area contributed by atoms with Gasteiger partial charge in [0, 0.05) is 13.1 Å². The van der Waals surface area contributed by atoms with E-state index < -0.39 is 24.0 Å². The molecule has 0 aromatic heterocycles. The Bertz CT molecular complexity index is 565. The van der Waals surface area contributed by atoms with Crippen molar-refractivity contribution < 1.29 is 14.4 Å². The number of nitrogens with two attached hydrogens (primary N) is 5. The van der Waals surface area contributed by atoms with E-state index in [1.54, 1.807) is 0 Å². The van der Waals surface area contributed by atoms with Crippen molar-refractivity contribution in [3.8, 4) is 0 Å². The lowest BCUT2D eigenvalue weighted by atomic mass is 10.1. The number of primary amides is 1. The Labute approximate surface area is 165 Å². The summed E-state index contributed by atoms with van der Waals surface area (Å²) in [4.78, 5) is 42.2. The van der Waals surface area contributed by atoms with Crippen molar-refractivity contribution in [1.29, 1.82) is 0 Å². The number of aliphatic imine (C=N–C) groups is 1. The quantitative estimate of drug-likeness (QED) is 0.118. The van der Waals surface area contributed by atoms with Crippen LogP contribution in [-0.2, 0) is 14.4 Å². The maximum atomic E-state index is 12.6. The fourth-order valence-electron chi connectivity index (χ4n) is 3.21. The number of carbonyl (C=O) groups is 3. The molecule has 3 amide bonds. The van der Waals surface area contributed by atoms with Crippen LogP contribution >= 0.6 is 0 Å². The molecule has 1 aliphatic rings. The molecule has 0 unspecified atom stereocenters.